The van der Waals surface area contributed by atoms with Gasteiger partial charge in [0.15, 0.2) is 0 Å². The van der Waals surface area contributed by atoms with Crippen molar-refractivity contribution in [2.45, 2.75) is 50.5 Å². The second-order valence-electron chi connectivity index (χ2n) is 7.35. The molecule has 0 bridgehead atoms. The maximum absolute atomic E-state index is 12.6. The van der Waals surface area contributed by atoms with Crippen molar-refractivity contribution in [3.63, 3.8) is 0 Å². The number of ether oxygens (including phenoxy) is 1. The summed E-state index contributed by atoms with van der Waals surface area (Å²) < 4.78 is 8.73. The zero-order valence-electron chi connectivity index (χ0n) is 14.3. The highest BCUT2D eigenvalue weighted by Crippen LogP contribution is 2.40. The molecular formula is C17H26N4O3. The van der Waals surface area contributed by atoms with Crippen LogP contribution in [-0.2, 0) is 16.6 Å². The zero-order valence-corrected chi connectivity index (χ0v) is 14.3. The van der Waals surface area contributed by atoms with E-state index in [4.69, 9.17) is 4.74 Å². The second-order valence-corrected chi connectivity index (χ2v) is 7.35. The van der Waals surface area contributed by atoms with Crippen molar-refractivity contribution in [1.82, 2.24) is 19.2 Å². The Hall–Kier alpha value is -1.63. The van der Waals surface area contributed by atoms with Gasteiger partial charge in [-0.1, -0.05) is 0 Å². The van der Waals surface area contributed by atoms with Crippen LogP contribution < -0.4 is 5.69 Å². The van der Waals surface area contributed by atoms with Gasteiger partial charge in [-0.2, -0.15) is 5.10 Å². The molecule has 1 aromatic rings. The maximum Gasteiger partial charge on any atom is 0.345 e. The van der Waals surface area contributed by atoms with Gasteiger partial charge in [-0.3, -0.25) is 9.36 Å². The van der Waals surface area contributed by atoms with E-state index >= 15 is 0 Å². The molecule has 3 fully saturated rings. The first-order valence-corrected chi connectivity index (χ1v) is 9.17. The van der Waals surface area contributed by atoms with Gasteiger partial charge in [0, 0.05) is 51.2 Å². The molecule has 132 valence electrons. The lowest BCUT2D eigenvalue weighted by molar-refractivity contribution is -0.139. The lowest BCUT2D eigenvalue weighted by Crippen LogP contribution is -2.44. The fourth-order valence-corrected chi connectivity index (χ4v) is 4.01. The number of hydrogen-bond donors (Lipinski definition) is 0. The predicted octanol–water partition coefficient (Wildman–Crippen LogP) is 1.05. The first-order chi connectivity index (χ1) is 11.6. The van der Waals surface area contributed by atoms with Crippen LogP contribution in [0.4, 0.5) is 0 Å². The minimum absolute atomic E-state index is 0.00824. The molecule has 3 aliphatic rings. The summed E-state index contributed by atoms with van der Waals surface area (Å²) >= 11 is 0. The Morgan fingerprint density at radius 2 is 1.75 bits per heavy atom. The van der Waals surface area contributed by atoms with E-state index in [0.717, 1.165) is 57.4 Å². The van der Waals surface area contributed by atoms with E-state index < -0.39 is 0 Å². The monoisotopic (exact) mass is 334 g/mol. The number of aryl methyl sites for hydroxylation is 1. The second kappa shape index (κ2) is 6.35. The van der Waals surface area contributed by atoms with Gasteiger partial charge in [0.2, 0.25) is 5.91 Å². The van der Waals surface area contributed by atoms with Gasteiger partial charge in [-0.25, -0.2) is 9.48 Å². The first kappa shape index (κ1) is 15.9. The van der Waals surface area contributed by atoms with E-state index in [1.54, 1.807) is 7.05 Å². The first-order valence-electron chi connectivity index (χ1n) is 9.17. The molecule has 1 saturated carbocycles. The number of carbonyl (C=O) groups excluding carboxylic acids is 1. The van der Waals surface area contributed by atoms with Gasteiger partial charge in [0.25, 0.3) is 0 Å². The topological polar surface area (TPSA) is 69.4 Å². The number of rotatable bonds is 3. The Kier molecular flexibility index (Phi) is 4.20. The third-order valence-corrected chi connectivity index (χ3v) is 5.64. The van der Waals surface area contributed by atoms with Crippen LogP contribution in [0.1, 0.15) is 56.3 Å². The summed E-state index contributed by atoms with van der Waals surface area (Å²) in [6.45, 7) is 2.88. The molecule has 2 saturated heterocycles. The van der Waals surface area contributed by atoms with Crippen LogP contribution >= 0.6 is 0 Å². The highest BCUT2D eigenvalue weighted by atomic mass is 16.5. The van der Waals surface area contributed by atoms with Gasteiger partial charge in [0.05, 0.1) is 0 Å². The van der Waals surface area contributed by atoms with Crippen molar-refractivity contribution in [2.24, 2.45) is 13.0 Å². The average molecular weight is 334 g/mol. The van der Waals surface area contributed by atoms with E-state index in [9.17, 15) is 9.59 Å². The number of piperidine rings is 1. The van der Waals surface area contributed by atoms with Gasteiger partial charge in [0.1, 0.15) is 5.82 Å². The summed E-state index contributed by atoms with van der Waals surface area (Å²) in [6.07, 6.45) is 5.65. The van der Waals surface area contributed by atoms with E-state index in [-0.39, 0.29) is 23.6 Å². The van der Waals surface area contributed by atoms with Crippen molar-refractivity contribution < 1.29 is 9.53 Å². The van der Waals surface area contributed by atoms with Gasteiger partial charge < -0.3 is 9.64 Å². The van der Waals surface area contributed by atoms with E-state index in [1.807, 2.05) is 9.47 Å². The lowest BCUT2D eigenvalue weighted by atomic mass is 9.96. The number of amides is 1. The Balaban J connectivity index is 1.43. The summed E-state index contributed by atoms with van der Waals surface area (Å²) in [5, 5.41) is 4.45. The molecule has 24 heavy (non-hydrogen) atoms. The van der Waals surface area contributed by atoms with Crippen molar-refractivity contribution >= 4 is 5.91 Å². The van der Waals surface area contributed by atoms with Crippen LogP contribution in [0, 0.1) is 5.92 Å². The maximum atomic E-state index is 12.6. The van der Waals surface area contributed by atoms with Crippen LogP contribution in [-0.4, -0.2) is 51.5 Å². The molecule has 1 aliphatic carbocycles. The molecule has 0 aromatic carbocycles. The number of likely N-dealkylation sites (tertiary alicyclic amines) is 1. The summed E-state index contributed by atoms with van der Waals surface area (Å²) in [5.41, 5.74) is -0.00824. The molecule has 3 heterocycles. The summed E-state index contributed by atoms with van der Waals surface area (Å²) in [6, 6.07) is 0.181. The van der Waals surface area contributed by atoms with Gasteiger partial charge >= 0.3 is 5.69 Å². The molecule has 2 aliphatic heterocycles. The summed E-state index contributed by atoms with van der Waals surface area (Å²) in [7, 11) is 1.73. The van der Waals surface area contributed by atoms with Crippen molar-refractivity contribution in [1.29, 1.82) is 0 Å². The molecule has 7 nitrogen and oxygen atoms in total. The largest absolute Gasteiger partial charge is 0.381 e. The van der Waals surface area contributed by atoms with E-state index in [2.05, 4.69) is 5.10 Å². The Morgan fingerprint density at radius 3 is 2.38 bits per heavy atom. The molecule has 7 heteroatoms. The third kappa shape index (κ3) is 2.90. The quantitative estimate of drug-likeness (QED) is 0.828. The Morgan fingerprint density at radius 1 is 1.08 bits per heavy atom. The number of aromatic nitrogens is 3. The van der Waals surface area contributed by atoms with Crippen LogP contribution in [0.2, 0.25) is 0 Å². The van der Waals surface area contributed by atoms with Crippen LogP contribution in [0.15, 0.2) is 4.79 Å². The number of carbonyl (C=O) groups is 1. The molecule has 0 spiro atoms. The smallest absolute Gasteiger partial charge is 0.345 e. The molecule has 4 rings (SSSR count). The zero-order chi connectivity index (χ0) is 16.7. The average Bonchev–Trinajstić information content (AvgIpc) is 3.42. The summed E-state index contributed by atoms with van der Waals surface area (Å²) in [4.78, 5) is 27.1. The molecule has 0 N–H and O–H groups in total. The fraction of sp³-hybridized carbons (Fsp3) is 0.824. The lowest BCUT2D eigenvalue weighted by Gasteiger charge is -2.35. The SMILES string of the molecule is Cn1nc(C2CC2)n(C2CCN(C(=O)C3CCOCC3)CC2)c1=O. The third-order valence-electron chi connectivity index (χ3n) is 5.64. The fourth-order valence-electron chi connectivity index (χ4n) is 4.01. The molecule has 1 amide bonds. The highest BCUT2D eigenvalue weighted by Gasteiger charge is 2.35. The van der Waals surface area contributed by atoms with Crippen LogP contribution in [0.5, 0.6) is 0 Å². The number of hydrogen-bond acceptors (Lipinski definition) is 4. The number of nitrogens with zero attached hydrogens (tertiary/aromatic N) is 4. The van der Waals surface area contributed by atoms with Gasteiger partial charge in [-0.15, -0.1) is 0 Å². The van der Waals surface area contributed by atoms with Crippen LogP contribution in [0.25, 0.3) is 0 Å². The van der Waals surface area contributed by atoms with Crippen molar-refractivity contribution in [3.8, 4) is 0 Å². The summed E-state index contributed by atoms with van der Waals surface area (Å²) in [5.74, 6) is 1.81. The molecule has 0 unspecified atom stereocenters. The van der Waals surface area contributed by atoms with Crippen LogP contribution in [0.3, 0.4) is 0 Å². The molecule has 1 aromatic heterocycles. The molecular weight excluding hydrogens is 308 g/mol. The van der Waals surface area contributed by atoms with Crippen molar-refractivity contribution in [2.75, 3.05) is 26.3 Å². The highest BCUT2D eigenvalue weighted by molar-refractivity contribution is 5.79. The molecule has 0 radical (unpaired) electrons. The standard InChI is InChI=1S/C17H26N4O3/c1-19-17(23)21(15(18-19)12-2-3-12)14-4-8-20(9-5-14)16(22)13-6-10-24-11-7-13/h12-14H,2-11H2,1H3. The van der Waals surface area contributed by atoms with E-state index in [1.165, 1.54) is 4.68 Å². The normalized spacial score (nSPS) is 23.6. The van der Waals surface area contributed by atoms with Gasteiger partial charge in [-0.05, 0) is 38.5 Å². The molecule has 0 atom stereocenters. The minimum Gasteiger partial charge on any atom is -0.381 e. The van der Waals surface area contributed by atoms with E-state index in [0.29, 0.717) is 19.1 Å². The Labute approximate surface area is 141 Å². The predicted molar refractivity (Wildman–Crippen MR) is 87.8 cm³/mol. The Bertz CT molecular complexity index is 662. The van der Waals surface area contributed by atoms with Crippen molar-refractivity contribution in [3.05, 3.63) is 16.3 Å². The minimum atomic E-state index is -0.00824.